The van der Waals surface area contributed by atoms with Crippen LogP contribution in [0.4, 0.5) is 0 Å². The van der Waals surface area contributed by atoms with E-state index in [4.69, 9.17) is 14.2 Å². The minimum Gasteiger partial charge on any atom is -0.468 e. The lowest BCUT2D eigenvalue weighted by Crippen LogP contribution is -2.45. The number of carbonyl (C=O) groups excluding carboxylic acids is 2. The molecular formula is C16H20O5. The Bertz CT molecular complexity index is 539. The quantitative estimate of drug-likeness (QED) is 0.575. The van der Waals surface area contributed by atoms with Gasteiger partial charge in [0.25, 0.3) is 0 Å². The molecule has 0 saturated heterocycles. The highest BCUT2D eigenvalue weighted by Crippen LogP contribution is 2.47. The smallest absolute Gasteiger partial charge is 0.323 e. The normalized spacial score (nSPS) is 24.4. The highest BCUT2D eigenvalue weighted by molar-refractivity contribution is 6.01. The van der Waals surface area contributed by atoms with Crippen molar-refractivity contribution < 1.29 is 23.8 Å². The van der Waals surface area contributed by atoms with Crippen molar-refractivity contribution in [3.63, 3.8) is 0 Å². The lowest BCUT2D eigenvalue weighted by molar-refractivity contribution is -0.169. The molecule has 114 valence electrons. The number of rotatable bonds is 2. The van der Waals surface area contributed by atoms with Gasteiger partial charge in [-0.2, -0.15) is 0 Å². The molecule has 2 aliphatic rings. The first-order chi connectivity index (χ1) is 9.87. The third kappa shape index (κ3) is 2.31. The molecule has 0 aromatic rings. The van der Waals surface area contributed by atoms with E-state index >= 15 is 0 Å². The van der Waals surface area contributed by atoms with Gasteiger partial charge in [0.05, 0.1) is 26.9 Å². The van der Waals surface area contributed by atoms with Crippen LogP contribution in [0.5, 0.6) is 0 Å². The molecule has 5 heteroatoms. The van der Waals surface area contributed by atoms with Gasteiger partial charge in [-0.3, -0.25) is 9.59 Å². The van der Waals surface area contributed by atoms with Crippen LogP contribution in [0.15, 0.2) is 35.5 Å². The molecule has 0 fully saturated rings. The molecule has 21 heavy (non-hydrogen) atoms. The second-order valence-electron chi connectivity index (χ2n) is 5.48. The first-order valence-corrected chi connectivity index (χ1v) is 6.75. The maximum Gasteiger partial charge on any atom is 0.323 e. The molecule has 1 aliphatic carbocycles. The zero-order valence-electron chi connectivity index (χ0n) is 12.7. The maximum atomic E-state index is 12.2. The Hall–Kier alpha value is -1.88. The summed E-state index contributed by atoms with van der Waals surface area (Å²) in [4.78, 5) is 24.4. The summed E-state index contributed by atoms with van der Waals surface area (Å²) in [6.45, 7) is 10.3. The standard InChI is InChI=1S/C16H20O5/c1-9-6-16(14(17)19-4,15(18)20-5)7-12-8-21-11(3)10(2)13(9)12/h11H,1-2,6-8H2,3-5H3/t11-/m0/s1. The number of ether oxygens (including phenoxy) is 3. The molecule has 2 rings (SSSR count). The van der Waals surface area contributed by atoms with E-state index in [0.717, 1.165) is 16.7 Å². The minimum absolute atomic E-state index is 0.0933. The molecule has 0 unspecified atom stereocenters. The van der Waals surface area contributed by atoms with Gasteiger partial charge in [-0.15, -0.1) is 0 Å². The number of hydrogen-bond donors (Lipinski definition) is 0. The van der Waals surface area contributed by atoms with Crippen LogP contribution in [0, 0.1) is 5.41 Å². The lowest BCUT2D eigenvalue weighted by Gasteiger charge is -2.39. The van der Waals surface area contributed by atoms with Crippen molar-refractivity contribution >= 4 is 11.9 Å². The predicted molar refractivity (Wildman–Crippen MR) is 76.4 cm³/mol. The van der Waals surface area contributed by atoms with Crippen molar-refractivity contribution in [2.45, 2.75) is 25.9 Å². The van der Waals surface area contributed by atoms with Gasteiger partial charge in [0.15, 0.2) is 5.41 Å². The topological polar surface area (TPSA) is 61.8 Å². The highest BCUT2D eigenvalue weighted by Gasteiger charge is 2.52. The maximum absolute atomic E-state index is 12.2. The van der Waals surface area contributed by atoms with Gasteiger partial charge in [-0.1, -0.05) is 13.2 Å². The fraction of sp³-hybridized carbons (Fsp3) is 0.500. The van der Waals surface area contributed by atoms with Crippen LogP contribution >= 0.6 is 0 Å². The number of carbonyl (C=O) groups is 2. The average Bonchev–Trinajstić information content (AvgIpc) is 2.48. The molecule has 1 atom stereocenters. The van der Waals surface area contributed by atoms with Crippen LogP contribution in [0.2, 0.25) is 0 Å². The summed E-state index contributed by atoms with van der Waals surface area (Å²) < 4.78 is 15.3. The molecule has 0 saturated carbocycles. The third-order valence-corrected chi connectivity index (χ3v) is 4.21. The molecule has 0 N–H and O–H groups in total. The van der Waals surface area contributed by atoms with E-state index < -0.39 is 17.4 Å². The fourth-order valence-corrected chi connectivity index (χ4v) is 3.09. The summed E-state index contributed by atoms with van der Waals surface area (Å²) in [6, 6.07) is 0. The van der Waals surface area contributed by atoms with Crippen LogP contribution in [0.25, 0.3) is 0 Å². The molecule has 0 radical (unpaired) electrons. The number of methoxy groups -OCH3 is 2. The van der Waals surface area contributed by atoms with Gasteiger partial charge in [0, 0.05) is 0 Å². The van der Waals surface area contributed by atoms with Gasteiger partial charge < -0.3 is 14.2 Å². The molecule has 0 aromatic carbocycles. The second-order valence-corrected chi connectivity index (χ2v) is 5.48. The van der Waals surface area contributed by atoms with Crippen LogP contribution in [-0.4, -0.2) is 38.9 Å². The van der Waals surface area contributed by atoms with Crippen LogP contribution in [-0.2, 0) is 23.8 Å². The molecule has 0 amide bonds. The lowest BCUT2D eigenvalue weighted by atomic mass is 9.67. The summed E-state index contributed by atoms with van der Waals surface area (Å²) >= 11 is 0. The first kappa shape index (κ1) is 15.5. The summed E-state index contributed by atoms with van der Waals surface area (Å²) in [6.07, 6.45) is 0.299. The van der Waals surface area contributed by atoms with Gasteiger partial charge in [0.2, 0.25) is 0 Å². The Morgan fingerprint density at radius 2 is 1.76 bits per heavy atom. The van der Waals surface area contributed by atoms with Crippen molar-refractivity contribution in [3.8, 4) is 0 Å². The monoisotopic (exact) mass is 292 g/mol. The van der Waals surface area contributed by atoms with Crippen molar-refractivity contribution in [1.82, 2.24) is 0 Å². The van der Waals surface area contributed by atoms with Crippen molar-refractivity contribution in [2.24, 2.45) is 5.41 Å². The predicted octanol–water partition coefficient (Wildman–Crippen LogP) is 1.94. The molecule has 0 spiro atoms. The van der Waals surface area contributed by atoms with Crippen molar-refractivity contribution in [1.29, 1.82) is 0 Å². The van der Waals surface area contributed by atoms with Crippen molar-refractivity contribution in [3.05, 3.63) is 35.5 Å². The fourth-order valence-electron chi connectivity index (χ4n) is 3.09. The van der Waals surface area contributed by atoms with E-state index in [0.29, 0.717) is 12.2 Å². The van der Waals surface area contributed by atoms with E-state index in [1.165, 1.54) is 14.2 Å². The SMILES string of the molecule is C=C1CC(C(=O)OC)(C(=O)OC)CC2=C1C(=C)[C@H](C)OC2. The van der Waals surface area contributed by atoms with E-state index in [2.05, 4.69) is 13.2 Å². The minimum atomic E-state index is -1.37. The van der Waals surface area contributed by atoms with Crippen molar-refractivity contribution in [2.75, 3.05) is 20.8 Å². The van der Waals surface area contributed by atoms with E-state index in [-0.39, 0.29) is 18.9 Å². The number of hydrogen-bond acceptors (Lipinski definition) is 5. The Morgan fingerprint density at radius 1 is 1.19 bits per heavy atom. The summed E-state index contributed by atoms with van der Waals surface area (Å²) in [5.41, 5.74) is 1.96. The van der Waals surface area contributed by atoms with Gasteiger partial charge in [0.1, 0.15) is 0 Å². The number of allylic oxidation sites excluding steroid dienone is 1. The Balaban J connectivity index is 2.50. The molecule has 0 aromatic heterocycles. The number of esters is 2. The zero-order chi connectivity index (χ0) is 15.8. The van der Waals surface area contributed by atoms with E-state index in [1.807, 2.05) is 6.92 Å². The highest BCUT2D eigenvalue weighted by atomic mass is 16.5. The second kappa shape index (κ2) is 5.48. The van der Waals surface area contributed by atoms with E-state index in [1.54, 1.807) is 0 Å². The van der Waals surface area contributed by atoms with E-state index in [9.17, 15) is 9.59 Å². The summed E-state index contributed by atoms with van der Waals surface area (Å²) in [7, 11) is 2.52. The molecule has 1 heterocycles. The third-order valence-electron chi connectivity index (χ3n) is 4.21. The van der Waals surface area contributed by atoms with Crippen LogP contribution in [0.1, 0.15) is 19.8 Å². The van der Waals surface area contributed by atoms with Gasteiger partial charge in [-0.05, 0) is 42.1 Å². The van der Waals surface area contributed by atoms with Gasteiger partial charge >= 0.3 is 11.9 Å². The van der Waals surface area contributed by atoms with Crippen LogP contribution in [0.3, 0.4) is 0 Å². The molecule has 0 bridgehead atoms. The summed E-state index contributed by atoms with van der Waals surface area (Å²) in [5.74, 6) is -1.21. The van der Waals surface area contributed by atoms with Gasteiger partial charge in [-0.25, -0.2) is 0 Å². The largest absolute Gasteiger partial charge is 0.468 e. The Kier molecular flexibility index (Phi) is 4.05. The molecular weight excluding hydrogens is 272 g/mol. The molecule has 5 nitrogen and oxygen atoms in total. The zero-order valence-corrected chi connectivity index (χ0v) is 12.7. The first-order valence-electron chi connectivity index (χ1n) is 6.75. The average molecular weight is 292 g/mol. The Morgan fingerprint density at radius 3 is 2.29 bits per heavy atom. The summed E-state index contributed by atoms with van der Waals surface area (Å²) in [5, 5.41) is 0. The molecule has 1 aliphatic heterocycles. The Labute approximate surface area is 124 Å². The van der Waals surface area contributed by atoms with Crippen LogP contribution < -0.4 is 0 Å².